The van der Waals surface area contributed by atoms with Gasteiger partial charge >= 0.3 is 0 Å². The van der Waals surface area contributed by atoms with Crippen molar-refractivity contribution in [2.45, 2.75) is 31.3 Å². The smallest absolute Gasteiger partial charge is 0.128 e. The Morgan fingerprint density at radius 1 is 0.829 bits per heavy atom. The average Bonchev–Trinajstić information content (AvgIpc) is 3.67. The van der Waals surface area contributed by atoms with Crippen LogP contribution in [-0.4, -0.2) is 33.0 Å². The first-order valence-electron chi connectivity index (χ1n) is 12.3. The van der Waals surface area contributed by atoms with Crippen molar-refractivity contribution < 1.29 is 0 Å². The molecule has 5 aromatic rings. The fourth-order valence-electron chi connectivity index (χ4n) is 5.33. The molecule has 35 heavy (non-hydrogen) atoms. The van der Waals surface area contributed by atoms with E-state index in [1.54, 1.807) is 0 Å². The number of aromatic amines is 2. The lowest BCUT2D eigenvalue weighted by atomic mass is 10.1. The van der Waals surface area contributed by atoms with Gasteiger partial charge in [0.1, 0.15) is 11.6 Å². The minimum absolute atomic E-state index is 0.112. The van der Waals surface area contributed by atoms with Gasteiger partial charge in [0.15, 0.2) is 0 Å². The third-order valence-electron chi connectivity index (χ3n) is 7.21. The van der Waals surface area contributed by atoms with Crippen molar-refractivity contribution in [3.8, 4) is 11.8 Å². The Morgan fingerprint density at radius 2 is 1.66 bits per heavy atom. The van der Waals surface area contributed by atoms with Gasteiger partial charge in [-0.15, -0.1) is 0 Å². The lowest BCUT2D eigenvalue weighted by Gasteiger charge is -2.07. The molecule has 4 N–H and O–H groups in total. The Labute approximate surface area is 203 Å². The van der Waals surface area contributed by atoms with E-state index in [2.05, 4.69) is 75.4 Å². The molecule has 0 aliphatic carbocycles. The highest BCUT2D eigenvalue weighted by atomic mass is 15.0. The Kier molecular flexibility index (Phi) is 4.73. The third kappa shape index (κ3) is 3.61. The molecule has 2 fully saturated rings. The zero-order chi connectivity index (χ0) is 23.4. The molecule has 0 spiro atoms. The van der Waals surface area contributed by atoms with E-state index in [-0.39, 0.29) is 6.04 Å². The summed E-state index contributed by atoms with van der Waals surface area (Å²) in [6.07, 6.45) is 3.33. The standard InChI is InChI=1S/C29H26N6/c1-17-12-14-31-26(17)29-32-22-10-7-19(16-25(22)34-29)5-4-18-6-9-21-20(15-18)8-11-23-27(21)35-28(33-23)24-3-2-13-30-24/h6-11,15-16,24,26,30-31H,1-3,12-14H2,(H,32,34)(H,33,35)/t24?,26-/m0/s1. The van der Waals surface area contributed by atoms with Crippen LogP contribution in [0.2, 0.25) is 0 Å². The summed E-state index contributed by atoms with van der Waals surface area (Å²) < 4.78 is 0. The van der Waals surface area contributed by atoms with Crippen molar-refractivity contribution in [3.63, 3.8) is 0 Å². The topological polar surface area (TPSA) is 81.4 Å². The normalized spacial score (nSPS) is 20.2. The summed E-state index contributed by atoms with van der Waals surface area (Å²) in [5.41, 5.74) is 7.21. The van der Waals surface area contributed by atoms with Crippen LogP contribution in [0.5, 0.6) is 0 Å². The molecule has 0 saturated carbocycles. The first-order valence-corrected chi connectivity index (χ1v) is 12.3. The summed E-state index contributed by atoms with van der Waals surface area (Å²) in [5, 5.41) is 9.32. The summed E-state index contributed by atoms with van der Waals surface area (Å²) in [6.45, 7) is 6.18. The molecule has 0 radical (unpaired) electrons. The number of nitrogens with zero attached hydrogens (tertiary/aromatic N) is 2. The number of H-pyrrole nitrogens is 2. The average molecular weight is 459 g/mol. The van der Waals surface area contributed by atoms with Crippen molar-refractivity contribution >= 4 is 32.8 Å². The molecule has 2 aliphatic heterocycles. The SMILES string of the molecule is C=C1CCN[C@@H]1c1nc2ccc(C#Cc3ccc4c(ccc5nc(C6CCCN6)[nH]c54)c3)cc2[nH]1. The van der Waals surface area contributed by atoms with Crippen LogP contribution >= 0.6 is 0 Å². The van der Waals surface area contributed by atoms with Gasteiger partial charge in [-0.05, 0) is 74.1 Å². The van der Waals surface area contributed by atoms with E-state index in [1.807, 2.05) is 12.1 Å². The van der Waals surface area contributed by atoms with Gasteiger partial charge in [-0.1, -0.05) is 36.1 Å². The van der Waals surface area contributed by atoms with Crippen LogP contribution in [0.1, 0.15) is 54.1 Å². The zero-order valence-electron chi connectivity index (χ0n) is 19.4. The highest BCUT2D eigenvalue weighted by Gasteiger charge is 2.23. The Morgan fingerprint density at radius 3 is 2.49 bits per heavy atom. The van der Waals surface area contributed by atoms with E-state index in [0.29, 0.717) is 6.04 Å². The highest BCUT2D eigenvalue weighted by Crippen LogP contribution is 2.29. The summed E-state index contributed by atoms with van der Waals surface area (Å²) in [5.74, 6) is 8.63. The van der Waals surface area contributed by atoms with Gasteiger partial charge in [-0.2, -0.15) is 0 Å². The van der Waals surface area contributed by atoms with Crippen LogP contribution in [0, 0.1) is 11.8 Å². The molecule has 6 nitrogen and oxygen atoms in total. The van der Waals surface area contributed by atoms with E-state index >= 15 is 0 Å². The maximum atomic E-state index is 4.84. The van der Waals surface area contributed by atoms with Crippen LogP contribution in [0.15, 0.2) is 60.7 Å². The van der Waals surface area contributed by atoms with Gasteiger partial charge in [0.05, 0.1) is 34.2 Å². The molecule has 2 atom stereocenters. The number of aromatic nitrogens is 4. The summed E-state index contributed by atoms with van der Waals surface area (Å²) in [4.78, 5) is 16.6. The third-order valence-corrected chi connectivity index (χ3v) is 7.21. The summed E-state index contributed by atoms with van der Waals surface area (Å²) >= 11 is 0. The molecule has 2 saturated heterocycles. The lowest BCUT2D eigenvalue weighted by molar-refractivity contribution is 0.614. The Balaban J connectivity index is 1.19. The first-order chi connectivity index (χ1) is 17.2. The minimum atomic E-state index is 0.112. The molecular formula is C29H26N6. The largest absolute Gasteiger partial charge is 0.340 e. The molecule has 2 aromatic heterocycles. The molecule has 6 heteroatoms. The molecular weight excluding hydrogens is 432 g/mol. The minimum Gasteiger partial charge on any atom is -0.340 e. The van der Waals surface area contributed by atoms with Crippen LogP contribution in [0.3, 0.4) is 0 Å². The number of benzene rings is 3. The molecule has 1 unspecified atom stereocenters. The second-order valence-electron chi connectivity index (χ2n) is 9.57. The van der Waals surface area contributed by atoms with Crippen LogP contribution < -0.4 is 10.6 Å². The van der Waals surface area contributed by atoms with Gasteiger partial charge in [0.2, 0.25) is 0 Å². The fraction of sp³-hybridized carbons (Fsp3) is 0.241. The van der Waals surface area contributed by atoms with Crippen molar-refractivity contribution in [2.75, 3.05) is 13.1 Å². The predicted octanol–water partition coefficient (Wildman–Crippen LogP) is 5.01. The molecule has 172 valence electrons. The number of nitrogens with one attached hydrogen (secondary N) is 4. The van der Waals surface area contributed by atoms with E-state index < -0.39 is 0 Å². The lowest BCUT2D eigenvalue weighted by Crippen LogP contribution is -2.14. The van der Waals surface area contributed by atoms with Crippen LogP contribution in [0.4, 0.5) is 0 Å². The number of rotatable bonds is 2. The molecule has 7 rings (SSSR count). The fourth-order valence-corrected chi connectivity index (χ4v) is 5.33. The molecule has 0 amide bonds. The van der Waals surface area contributed by atoms with Gasteiger partial charge in [0.25, 0.3) is 0 Å². The number of imidazole rings is 2. The van der Waals surface area contributed by atoms with E-state index in [9.17, 15) is 0 Å². The number of fused-ring (bicyclic) bond motifs is 4. The van der Waals surface area contributed by atoms with Crippen molar-refractivity contribution in [3.05, 3.63) is 83.5 Å². The zero-order valence-corrected chi connectivity index (χ0v) is 19.4. The number of hydrogen-bond donors (Lipinski definition) is 4. The maximum Gasteiger partial charge on any atom is 0.128 e. The predicted molar refractivity (Wildman–Crippen MR) is 140 cm³/mol. The summed E-state index contributed by atoms with van der Waals surface area (Å²) in [7, 11) is 0. The first kappa shape index (κ1) is 20.5. The molecule has 4 heterocycles. The van der Waals surface area contributed by atoms with E-state index in [4.69, 9.17) is 9.97 Å². The van der Waals surface area contributed by atoms with Gasteiger partial charge < -0.3 is 20.6 Å². The van der Waals surface area contributed by atoms with Crippen LogP contribution in [-0.2, 0) is 0 Å². The Bertz CT molecular complexity index is 1670. The van der Waals surface area contributed by atoms with Crippen molar-refractivity contribution in [1.29, 1.82) is 0 Å². The quantitative estimate of drug-likeness (QED) is 0.222. The molecule has 2 aliphatic rings. The van der Waals surface area contributed by atoms with E-state index in [0.717, 1.165) is 76.2 Å². The van der Waals surface area contributed by atoms with Crippen LogP contribution in [0.25, 0.3) is 32.8 Å². The highest BCUT2D eigenvalue weighted by molar-refractivity contribution is 6.04. The van der Waals surface area contributed by atoms with Gasteiger partial charge in [0, 0.05) is 16.5 Å². The maximum absolute atomic E-state index is 4.84. The van der Waals surface area contributed by atoms with Crippen molar-refractivity contribution in [2.24, 2.45) is 0 Å². The van der Waals surface area contributed by atoms with Gasteiger partial charge in [-0.25, -0.2) is 9.97 Å². The monoisotopic (exact) mass is 458 g/mol. The summed E-state index contributed by atoms with van der Waals surface area (Å²) in [6, 6.07) is 17.2. The second-order valence-corrected chi connectivity index (χ2v) is 9.57. The van der Waals surface area contributed by atoms with Gasteiger partial charge in [-0.3, -0.25) is 0 Å². The second kappa shape index (κ2) is 8.09. The number of hydrogen-bond acceptors (Lipinski definition) is 4. The molecule has 3 aromatic carbocycles. The van der Waals surface area contributed by atoms with E-state index in [1.165, 1.54) is 17.4 Å². The molecule has 0 bridgehead atoms. The van der Waals surface area contributed by atoms with Crippen molar-refractivity contribution in [1.82, 2.24) is 30.6 Å². The Hall–Kier alpha value is -3.92.